The van der Waals surface area contributed by atoms with E-state index in [1.165, 1.54) is 16.9 Å². The maximum absolute atomic E-state index is 11.4. The van der Waals surface area contributed by atoms with E-state index in [1.807, 2.05) is 5.38 Å². The summed E-state index contributed by atoms with van der Waals surface area (Å²) in [5, 5.41) is 5.30. The van der Waals surface area contributed by atoms with E-state index in [0.29, 0.717) is 17.4 Å². The molecule has 0 bridgehead atoms. The Kier molecular flexibility index (Phi) is 4.93. The van der Waals surface area contributed by atoms with E-state index in [2.05, 4.69) is 41.5 Å². The fourth-order valence-electron chi connectivity index (χ4n) is 1.64. The van der Waals surface area contributed by atoms with E-state index in [9.17, 15) is 4.79 Å². The molecule has 3 nitrogen and oxygen atoms in total. The fourth-order valence-corrected chi connectivity index (χ4v) is 2.55. The number of hydrogen-bond acceptors (Lipinski definition) is 3. The van der Waals surface area contributed by atoms with Gasteiger partial charge in [0, 0.05) is 23.2 Å². The molecule has 19 heavy (non-hydrogen) atoms. The van der Waals surface area contributed by atoms with Crippen LogP contribution in [0.1, 0.15) is 18.9 Å². The first-order chi connectivity index (χ1) is 9.22. The van der Waals surface area contributed by atoms with E-state index in [-0.39, 0.29) is 5.91 Å². The molecule has 5 heteroatoms. The number of anilines is 1. The third kappa shape index (κ3) is 3.78. The summed E-state index contributed by atoms with van der Waals surface area (Å²) in [5.74, 6) is 0.222. The summed E-state index contributed by atoms with van der Waals surface area (Å²) >= 11 is 6.94. The summed E-state index contributed by atoms with van der Waals surface area (Å²) in [6.07, 6.45) is 1.33. The van der Waals surface area contributed by atoms with Crippen LogP contribution in [0.25, 0.3) is 11.3 Å². The molecule has 1 aromatic carbocycles. The van der Waals surface area contributed by atoms with Crippen molar-refractivity contribution >= 4 is 34.0 Å². The Bertz CT molecular complexity index is 551. The van der Waals surface area contributed by atoms with E-state index in [4.69, 9.17) is 11.6 Å². The largest absolute Gasteiger partial charge is 0.302 e. The molecule has 2 aromatic rings. The van der Waals surface area contributed by atoms with Gasteiger partial charge in [-0.05, 0) is 12.0 Å². The topological polar surface area (TPSA) is 42.0 Å². The lowest BCUT2D eigenvalue weighted by atomic mass is 10.1. The second kappa shape index (κ2) is 6.68. The molecule has 0 saturated carbocycles. The van der Waals surface area contributed by atoms with Crippen LogP contribution >= 0.6 is 22.9 Å². The number of amides is 1. The Morgan fingerprint density at radius 2 is 2.11 bits per heavy atom. The minimum Gasteiger partial charge on any atom is -0.302 e. The number of nitrogens with one attached hydrogen (secondary N) is 1. The summed E-state index contributed by atoms with van der Waals surface area (Å²) in [6, 6.07) is 8.30. The third-order valence-electron chi connectivity index (χ3n) is 2.73. The molecule has 1 heterocycles. The summed E-state index contributed by atoms with van der Waals surface area (Å²) in [6.45, 7) is 2.13. The van der Waals surface area contributed by atoms with Crippen molar-refractivity contribution in [1.29, 1.82) is 0 Å². The number of thiazole rings is 1. The van der Waals surface area contributed by atoms with Gasteiger partial charge in [-0.3, -0.25) is 4.79 Å². The molecular weight excluding hydrogens is 280 g/mol. The van der Waals surface area contributed by atoms with Gasteiger partial charge < -0.3 is 5.32 Å². The van der Waals surface area contributed by atoms with Crippen molar-refractivity contribution in [3.63, 3.8) is 0 Å². The van der Waals surface area contributed by atoms with E-state index in [1.54, 1.807) is 0 Å². The van der Waals surface area contributed by atoms with E-state index in [0.717, 1.165) is 17.7 Å². The van der Waals surface area contributed by atoms with Gasteiger partial charge in [0.05, 0.1) is 5.69 Å². The van der Waals surface area contributed by atoms with Crippen LogP contribution in [0.3, 0.4) is 0 Å². The van der Waals surface area contributed by atoms with Gasteiger partial charge in [0.15, 0.2) is 5.13 Å². The molecule has 2 rings (SSSR count). The lowest BCUT2D eigenvalue weighted by molar-refractivity contribution is -0.115. The number of hydrogen-bond donors (Lipinski definition) is 1. The van der Waals surface area contributed by atoms with Gasteiger partial charge in [-0.1, -0.05) is 31.2 Å². The standard InChI is InChI=1S/C14H15ClN2OS/c1-2-10-3-5-11(6-4-10)12-9-19-14(16-12)17-13(18)7-8-15/h3-6,9H,2,7-8H2,1H3,(H,16,17,18). The van der Waals surface area contributed by atoms with Crippen LogP contribution in [0, 0.1) is 0 Å². The second-order valence-electron chi connectivity index (χ2n) is 4.08. The Morgan fingerprint density at radius 1 is 1.37 bits per heavy atom. The molecule has 0 radical (unpaired) electrons. The molecule has 0 aliphatic rings. The summed E-state index contributed by atoms with van der Waals surface area (Å²) in [5.41, 5.74) is 3.25. The molecule has 100 valence electrons. The maximum atomic E-state index is 11.4. The van der Waals surface area contributed by atoms with Crippen molar-refractivity contribution in [3.8, 4) is 11.3 Å². The van der Waals surface area contributed by atoms with Gasteiger partial charge in [-0.25, -0.2) is 4.98 Å². The molecule has 1 amide bonds. The van der Waals surface area contributed by atoms with Crippen LogP contribution < -0.4 is 5.32 Å². The third-order valence-corrected chi connectivity index (χ3v) is 3.68. The SMILES string of the molecule is CCc1ccc(-c2csc(NC(=O)CCCl)n2)cc1. The second-order valence-corrected chi connectivity index (χ2v) is 5.31. The first-order valence-corrected chi connectivity index (χ1v) is 7.55. The molecular formula is C14H15ClN2OS. The van der Waals surface area contributed by atoms with Crippen LogP contribution in [0.2, 0.25) is 0 Å². The highest BCUT2D eigenvalue weighted by Gasteiger charge is 2.07. The first-order valence-electron chi connectivity index (χ1n) is 6.13. The number of rotatable bonds is 5. The zero-order chi connectivity index (χ0) is 13.7. The average Bonchev–Trinajstić information content (AvgIpc) is 2.87. The number of aromatic nitrogens is 1. The van der Waals surface area contributed by atoms with Gasteiger partial charge in [-0.15, -0.1) is 22.9 Å². The molecule has 1 aromatic heterocycles. The van der Waals surface area contributed by atoms with Gasteiger partial charge >= 0.3 is 0 Å². The van der Waals surface area contributed by atoms with Crippen LogP contribution in [-0.4, -0.2) is 16.8 Å². The van der Waals surface area contributed by atoms with Crippen molar-refractivity contribution in [3.05, 3.63) is 35.2 Å². The molecule has 0 aliphatic heterocycles. The summed E-state index contributed by atoms with van der Waals surface area (Å²) in [7, 11) is 0. The normalized spacial score (nSPS) is 10.4. The van der Waals surface area contributed by atoms with E-state index >= 15 is 0 Å². The van der Waals surface area contributed by atoms with Gasteiger partial charge in [0.25, 0.3) is 0 Å². The number of halogens is 1. The fraction of sp³-hybridized carbons (Fsp3) is 0.286. The summed E-state index contributed by atoms with van der Waals surface area (Å²) in [4.78, 5) is 15.8. The zero-order valence-corrected chi connectivity index (χ0v) is 12.2. The zero-order valence-electron chi connectivity index (χ0n) is 10.6. The average molecular weight is 295 g/mol. The monoisotopic (exact) mass is 294 g/mol. The molecule has 1 N–H and O–H groups in total. The minimum absolute atomic E-state index is 0.0998. The molecule has 0 saturated heterocycles. The highest BCUT2D eigenvalue weighted by atomic mass is 35.5. The molecule has 0 aliphatic carbocycles. The van der Waals surface area contributed by atoms with Crippen LogP contribution in [0.5, 0.6) is 0 Å². The van der Waals surface area contributed by atoms with Crippen LogP contribution in [0.15, 0.2) is 29.6 Å². The lowest BCUT2D eigenvalue weighted by Crippen LogP contribution is -2.11. The smallest absolute Gasteiger partial charge is 0.227 e. The minimum atomic E-state index is -0.0998. The Balaban J connectivity index is 2.09. The van der Waals surface area contributed by atoms with Crippen LogP contribution in [-0.2, 0) is 11.2 Å². The molecule has 0 unspecified atom stereocenters. The highest BCUT2D eigenvalue weighted by Crippen LogP contribution is 2.25. The predicted molar refractivity (Wildman–Crippen MR) is 80.9 cm³/mol. The number of nitrogens with zero attached hydrogens (tertiary/aromatic N) is 1. The quantitative estimate of drug-likeness (QED) is 0.849. The number of alkyl halides is 1. The maximum Gasteiger partial charge on any atom is 0.227 e. The van der Waals surface area contributed by atoms with Crippen molar-refractivity contribution in [2.45, 2.75) is 19.8 Å². The van der Waals surface area contributed by atoms with Crippen molar-refractivity contribution < 1.29 is 4.79 Å². The number of benzene rings is 1. The van der Waals surface area contributed by atoms with Crippen molar-refractivity contribution in [1.82, 2.24) is 4.98 Å². The Labute approximate surface area is 121 Å². The van der Waals surface area contributed by atoms with Crippen molar-refractivity contribution in [2.24, 2.45) is 0 Å². The number of carbonyl (C=O) groups excluding carboxylic acids is 1. The molecule has 0 atom stereocenters. The number of aryl methyl sites for hydroxylation is 1. The van der Waals surface area contributed by atoms with Gasteiger partial charge in [0.1, 0.15) is 0 Å². The first kappa shape index (κ1) is 14.0. The van der Waals surface area contributed by atoms with Crippen LogP contribution in [0.4, 0.5) is 5.13 Å². The summed E-state index contributed by atoms with van der Waals surface area (Å²) < 4.78 is 0. The number of carbonyl (C=O) groups is 1. The van der Waals surface area contributed by atoms with Crippen molar-refractivity contribution in [2.75, 3.05) is 11.2 Å². The lowest BCUT2D eigenvalue weighted by Gasteiger charge is -2.00. The molecule has 0 fully saturated rings. The molecule has 0 spiro atoms. The van der Waals surface area contributed by atoms with Gasteiger partial charge in [-0.2, -0.15) is 0 Å². The van der Waals surface area contributed by atoms with Gasteiger partial charge in [0.2, 0.25) is 5.91 Å². The van der Waals surface area contributed by atoms with E-state index < -0.39 is 0 Å². The Morgan fingerprint density at radius 3 is 2.74 bits per heavy atom. The predicted octanol–water partition coefficient (Wildman–Crippen LogP) is 3.94. The highest BCUT2D eigenvalue weighted by molar-refractivity contribution is 7.14. The Hall–Kier alpha value is -1.39.